The molecule has 318 valence electrons. The Bertz CT molecular complexity index is 2050. The van der Waals surface area contributed by atoms with Gasteiger partial charge in [-0.15, -0.1) is 0 Å². The van der Waals surface area contributed by atoms with Gasteiger partial charge in [0.05, 0.1) is 0 Å². The second-order valence-electron chi connectivity index (χ2n) is 12.5. The molecule has 0 radical (unpaired) electrons. The fourth-order valence-corrected chi connectivity index (χ4v) is 5.38. The van der Waals surface area contributed by atoms with E-state index < -0.39 is 112 Å². The topological polar surface area (TPSA) is 217 Å². The number of hydrogen-bond donors (Lipinski definition) is 2. The lowest BCUT2D eigenvalue weighted by Crippen LogP contribution is -2.63. The predicted octanol–water partition coefficient (Wildman–Crippen LogP) is 5.02. The highest BCUT2D eigenvalue weighted by Gasteiger charge is 2.79. The Morgan fingerprint density at radius 1 is 0.458 bits per heavy atom. The van der Waals surface area contributed by atoms with Crippen molar-refractivity contribution in [3.63, 3.8) is 0 Å². The number of aliphatic hydroxyl groups is 2. The van der Waals surface area contributed by atoms with Crippen LogP contribution in [-0.2, 0) is 66.7 Å². The van der Waals surface area contributed by atoms with Gasteiger partial charge in [-0.2, -0.15) is 39.5 Å². The lowest BCUT2D eigenvalue weighted by atomic mass is 9.87. The summed E-state index contributed by atoms with van der Waals surface area (Å²) < 4.78 is 155. The van der Waals surface area contributed by atoms with Crippen LogP contribution in [0, 0.1) is 0 Å². The molecule has 5 rings (SSSR count). The number of alkyl halides is 9. The van der Waals surface area contributed by atoms with Gasteiger partial charge in [0.25, 0.3) is 23.5 Å². The third kappa shape index (κ3) is 8.34. The van der Waals surface area contributed by atoms with Crippen LogP contribution in [0.3, 0.4) is 0 Å². The predicted molar refractivity (Wildman–Crippen MR) is 164 cm³/mol. The van der Waals surface area contributed by atoms with E-state index in [9.17, 15) is 78.5 Å². The average molecular weight is 859 g/mol. The molecule has 3 fully saturated rings. The smallest absolute Gasteiger partial charge is 0.478 e. The van der Waals surface area contributed by atoms with E-state index in [2.05, 4.69) is 18.9 Å². The number of halogens is 9. The van der Waals surface area contributed by atoms with Crippen molar-refractivity contribution in [2.24, 2.45) is 0 Å². The molecule has 0 bridgehead atoms. The molecule has 1 aliphatic carbocycles. The second-order valence-corrected chi connectivity index (χ2v) is 12.5. The molecule has 1 unspecified atom stereocenters. The number of hydrogen-bond acceptors (Lipinski definition) is 16. The van der Waals surface area contributed by atoms with Gasteiger partial charge < -0.3 is 48.1 Å². The van der Waals surface area contributed by atoms with Crippen LogP contribution in [0.4, 0.5) is 39.5 Å². The third-order valence-electron chi connectivity index (χ3n) is 8.48. The van der Waals surface area contributed by atoms with Crippen molar-refractivity contribution in [1.29, 1.82) is 0 Å². The minimum absolute atomic E-state index is 0.341. The number of esters is 6. The first-order chi connectivity index (χ1) is 27.2. The zero-order valence-corrected chi connectivity index (χ0v) is 29.1. The van der Waals surface area contributed by atoms with Gasteiger partial charge >= 0.3 is 65.9 Å². The standard InChI is InChI=1S/C34H23F9O16/c1-28(32(35,36)37)52-20(44)16(21(45)53-28)8-4-2-5-9-17-22(46)54-29(55-23(17)47)12-14-30(15-13-29)56-24(48)18(25(49)57-30)10-6-3-7-11-19-26(50)58-31(33(38,39)40,34(41,42)43)59-27(19)51/h2-11,44,50H,12-15H2,1H3/b5-2+,6-3+,8-4+,11-7+,17-9?,18-10?. The number of cyclic esters (lactones) is 2. The van der Waals surface area contributed by atoms with Gasteiger partial charge in [-0.25, -0.2) is 28.8 Å². The van der Waals surface area contributed by atoms with Crippen molar-refractivity contribution < 1.29 is 116 Å². The van der Waals surface area contributed by atoms with Gasteiger partial charge in [0, 0.05) is 32.6 Å². The molecular weight excluding hydrogens is 835 g/mol. The molecule has 4 heterocycles. The van der Waals surface area contributed by atoms with Crippen molar-refractivity contribution in [1.82, 2.24) is 0 Å². The molecular formula is C34H23F9O16. The second kappa shape index (κ2) is 14.9. The molecule has 16 nitrogen and oxygen atoms in total. The summed E-state index contributed by atoms with van der Waals surface area (Å²) in [6, 6.07) is 0. The summed E-state index contributed by atoms with van der Waals surface area (Å²) >= 11 is 0. The minimum Gasteiger partial charge on any atom is -0.480 e. The Morgan fingerprint density at radius 2 is 0.814 bits per heavy atom. The van der Waals surface area contributed by atoms with E-state index in [0.29, 0.717) is 13.0 Å². The molecule has 5 aliphatic rings. The quantitative estimate of drug-likeness (QED) is 0.0896. The summed E-state index contributed by atoms with van der Waals surface area (Å²) in [4.78, 5) is 74.8. The zero-order chi connectivity index (χ0) is 44.0. The minimum atomic E-state index is -6.34. The highest BCUT2D eigenvalue weighted by atomic mass is 19.4. The van der Waals surface area contributed by atoms with Gasteiger partial charge in [0.15, 0.2) is 0 Å². The van der Waals surface area contributed by atoms with Crippen molar-refractivity contribution >= 4 is 35.8 Å². The monoisotopic (exact) mass is 858 g/mol. The van der Waals surface area contributed by atoms with Gasteiger partial charge in [-0.3, -0.25) is 0 Å². The molecule has 25 heteroatoms. The molecule has 1 atom stereocenters. The first-order valence-corrected chi connectivity index (χ1v) is 16.1. The first-order valence-electron chi connectivity index (χ1n) is 16.1. The highest BCUT2D eigenvalue weighted by Crippen LogP contribution is 2.50. The van der Waals surface area contributed by atoms with Gasteiger partial charge in [0.2, 0.25) is 0 Å². The molecule has 2 N–H and O–H groups in total. The normalized spacial score (nSPS) is 28.2. The molecule has 0 aromatic carbocycles. The van der Waals surface area contributed by atoms with Crippen molar-refractivity contribution in [3.05, 3.63) is 94.9 Å². The Labute approximate surface area is 321 Å². The zero-order valence-electron chi connectivity index (χ0n) is 29.1. The summed E-state index contributed by atoms with van der Waals surface area (Å²) in [6.45, 7) is 0.372. The number of rotatable bonds is 6. The Morgan fingerprint density at radius 3 is 1.14 bits per heavy atom. The SMILES string of the molecule is CC1(C(F)(F)F)OC(=O)C(/C=C/C=C/C=C2C(=O)OC3(CCC4(CC3)OC(=O)C(=C/C=C/C=C/C3=C(O)OC(C(F)(F)F)(C(F)(F)F)OC3=O)C(=O)O4)OC2=O)=C(O)O1. The van der Waals surface area contributed by atoms with E-state index >= 15 is 0 Å². The fraction of sp³-hybridized carbons (Fsp3) is 0.353. The van der Waals surface area contributed by atoms with Gasteiger partial charge in [0.1, 0.15) is 22.3 Å². The van der Waals surface area contributed by atoms with Crippen LogP contribution < -0.4 is 0 Å². The van der Waals surface area contributed by atoms with E-state index in [1.807, 2.05) is 0 Å². The van der Waals surface area contributed by atoms with Crippen LogP contribution in [0.15, 0.2) is 94.9 Å². The lowest BCUT2D eigenvalue weighted by Gasteiger charge is -2.45. The summed E-state index contributed by atoms with van der Waals surface area (Å²) in [6.07, 6.45) is -10.3. The molecule has 0 aromatic rings. The highest BCUT2D eigenvalue weighted by molar-refractivity contribution is 6.16. The van der Waals surface area contributed by atoms with Crippen LogP contribution in [0.25, 0.3) is 0 Å². The van der Waals surface area contributed by atoms with Crippen molar-refractivity contribution in [2.45, 2.75) is 74.3 Å². The summed E-state index contributed by atoms with van der Waals surface area (Å²) in [7, 11) is 0. The van der Waals surface area contributed by atoms with Gasteiger partial charge in [-0.05, 0) is 24.3 Å². The molecule has 4 aliphatic heterocycles. The van der Waals surface area contributed by atoms with E-state index in [1.165, 1.54) is 0 Å². The Hall–Kier alpha value is -6.69. The van der Waals surface area contributed by atoms with Crippen LogP contribution in [0.5, 0.6) is 0 Å². The maximum Gasteiger partial charge on any atom is 0.478 e. The molecule has 2 saturated heterocycles. The van der Waals surface area contributed by atoms with Crippen LogP contribution in [0.1, 0.15) is 32.6 Å². The fourth-order valence-electron chi connectivity index (χ4n) is 5.38. The first kappa shape index (κ1) is 43.4. The number of ether oxygens (including phenoxy) is 8. The summed E-state index contributed by atoms with van der Waals surface area (Å²) in [5.41, 5.74) is -3.36. The van der Waals surface area contributed by atoms with E-state index in [0.717, 1.165) is 54.7 Å². The number of allylic oxidation sites excluding steroid dienone is 8. The van der Waals surface area contributed by atoms with Crippen molar-refractivity contribution in [3.8, 4) is 0 Å². The number of aliphatic hydroxyl groups excluding tert-OH is 2. The summed E-state index contributed by atoms with van der Waals surface area (Å²) in [5.74, 6) is -24.7. The van der Waals surface area contributed by atoms with E-state index in [4.69, 9.17) is 18.9 Å². The Kier molecular flexibility index (Phi) is 11.0. The van der Waals surface area contributed by atoms with Crippen LogP contribution in [0.2, 0.25) is 0 Å². The maximum atomic E-state index is 13.1. The van der Waals surface area contributed by atoms with Gasteiger partial charge in [-0.1, -0.05) is 36.5 Å². The maximum absolute atomic E-state index is 13.1. The molecule has 0 aromatic heterocycles. The lowest BCUT2D eigenvalue weighted by molar-refractivity contribution is -0.456. The molecule has 2 spiro atoms. The third-order valence-corrected chi connectivity index (χ3v) is 8.48. The van der Waals surface area contributed by atoms with E-state index in [-0.39, 0.29) is 25.7 Å². The van der Waals surface area contributed by atoms with E-state index in [1.54, 1.807) is 0 Å². The largest absolute Gasteiger partial charge is 0.480 e. The van der Waals surface area contributed by atoms with Crippen LogP contribution >= 0.6 is 0 Å². The van der Waals surface area contributed by atoms with Crippen molar-refractivity contribution in [2.75, 3.05) is 0 Å². The molecule has 59 heavy (non-hydrogen) atoms. The van der Waals surface area contributed by atoms with Crippen LogP contribution in [-0.4, -0.2) is 87.7 Å². The molecule has 1 saturated carbocycles. The molecule has 0 amide bonds. The average Bonchev–Trinajstić information content (AvgIpc) is 3.08. The number of carbonyl (C=O) groups excluding carboxylic acids is 6. The Balaban J connectivity index is 1.15. The number of carbonyl (C=O) groups is 6. The summed E-state index contributed by atoms with van der Waals surface area (Å²) in [5, 5.41) is 19.4.